The highest BCUT2D eigenvalue weighted by Gasteiger charge is 2.08. The lowest BCUT2D eigenvalue weighted by atomic mass is 10.0. The summed E-state index contributed by atoms with van der Waals surface area (Å²) in [6.45, 7) is 0.929. The van der Waals surface area contributed by atoms with E-state index in [-0.39, 0.29) is 6.61 Å². The van der Waals surface area contributed by atoms with Crippen LogP contribution in [0, 0.1) is 0 Å². The predicted molar refractivity (Wildman–Crippen MR) is 98.2 cm³/mol. The van der Waals surface area contributed by atoms with Gasteiger partial charge in [-0.2, -0.15) is 0 Å². The number of ether oxygens (including phenoxy) is 1. The fourth-order valence-electron chi connectivity index (χ4n) is 2.83. The van der Waals surface area contributed by atoms with Crippen LogP contribution in [0.15, 0.2) is 60.7 Å². The zero-order valence-corrected chi connectivity index (χ0v) is 13.8. The second-order valence-electron chi connectivity index (χ2n) is 5.88. The maximum atomic E-state index is 8.80. The number of rotatable bonds is 8. The number of aromatic nitrogens is 1. The van der Waals surface area contributed by atoms with E-state index in [2.05, 4.69) is 23.2 Å². The molecule has 0 spiro atoms. The molecule has 0 aliphatic rings. The lowest BCUT2D eigenvalue weighted by Gasteiger charge is -2.11. The number of aliphatic hydroxyl groups is 1. The summed E-state index contributed by atoms with van der Waals surface area (Å²) >= 11 is 0. The first-order valence-corrected chi connectivity index (χ1v) is 8.57. The van der Waals surface area contributed by atoms with Gasteiger partial charge >= 0.3 is 0 Å². The topological polar surface area (TPSA) is 42.4 Å². The van der Waals surface area contributed by atoms with E-state index >= 15 is 0 Å². The number of nitrogens with zero attached hydrogens (tertiary/aromatic N) is 1. The van der Waals surface area contributed by atoms with Gasteiger partial charge in [-0.15, -0.1) is 0 Å². The van der Waals surface area contributed by atoms with E-state index in [1.807, 2.05) is 42.5 Å². The Morgan fingerprint density at radius 3 is 2.42 bits per heavy atom. The van der Waals surface area contributed by atoms with Crippen LogP contribution in [0.4, 0.5) is 0 Å². The van der Waals surface area contributed by atoms with Gasteiger partial charge in [0.1, 0.15) is 0 Å². The molecule has 0 bridgehead atoms. The number of fused-ring (bicyclic) bond motifs is 1. The van der Waals surface area contributed by atoms with Crippen molar-refractivity contribution in [1.29, 1.82) is 0 Å². The van der Waals surface area contributed by atoms with Crippen molar-refractivity contribution in [3.8, 4) is 17.0 Å². The molecule has 3 aromatic rings. The normalized spacial score (nSPS) is 10.9. The second kappa shape index (κ2) is 8.46. The third-order valence-electron chi connectivity index (χ3n) is 4.08. The molecular formula is C21H23NO2. The van der Waals surface area contributed by atoms with Crippen molar-refractivity contribution >= 4 is 10.9 Å². The Hall–Kier alpha value is -2.39. The predicted octanol–water partition coefficient (Wildman–Crippen LogP) is 4.83. The zero-order valence-electron chi connectivity index (χ0n) is 13.8. The summed E-state index contributed by atoms with van der Waals surface area (Å²) in [6, 6.07) is 20.5. The molecule has 3 rings (SSSR count). The number of unbranched alkanes of at least 4 members (excludes halogenated alkanes) is 3. The average Bonchev–Trinajstić information content (AvgIpc) is 2.64. The Kier molecular flexibility index (Phi) is 5.80. The molecule has 124 valence electrons. The number of benzene rings is 2. The van der Waals surface area contributed by atoms with Crippen LogP contribution < -0.4 is 4.74 Å². The van der Waals surface area contributed by atoms with Gasteiger partial charge < -0.3 is 9.84 Å². The van der Waals surface area contributed by atoms with Gasteiger partial charge in [-0.3, -0.25) is 0 Å². The molecular weight excluding hydrogens is 298 g/mol. The first-order chi connectivity index (χ1) is 11.9. The lowest BCUT2D eigenvalue weighted by molar-refractivity contribution is 0.271. The Morgan fingerprint density at radius 2 is 1.58 bits per heavy atom. The van der Waals surface area contributed by atoms with E-state index in [0.717, 1.165) is 42.1 Å². The first kappa shape index (κ1) is 16.5. The number of hydrogen-bond acceptors (Lipinski definition) is 3. The van der Waals surface area contributed by atoms with Crippen LogP contribution in [0.25, 0.3) is 22.0 Å². The minimum absolute atomic E-state index is 0.271. The monoisotopic (exact) mass is 321 g/mol. The summed E-state index contributed by atoms with van der Waals surface area (Å²) in [6.07, 6.45) is 3.96. The van der Waals surface area contributed by atoms with Crippen molar-refractivity contribution in [2.75, 3.05) is 13.2 Å². The van der Waals surface area contributed by atoms with Crippen LogP contribution >= 0.6 is 0 Å². The highest BCUT2D eigenvalue weighted by molar-refractivity contribution is 5.95. The molecule has 0 atom stereocenters. The van der Waals surface area contributed by atoms with E-state index in [4.69, 9.17) is 9.84 Å². The van der Waals surface area contributed by atoms with Gasteiger partial charge in [-0.05, 0) is 36.5 Å². The van der Waals surface area contributed by atoms with Gasteiger partial charge in [0.25, 0.3) is 0 Å². The molecule has 24 heavy (non-hydrogen) atoms. The second-order valence-corrected chi connectivity index (χ2v) is 5.88. The quantitative estimate of drug-likeness (QED) is 0.604. The summed E-state index contributed by atoms with van der Waals surface area (Å²) in [5.74, 6) is 0.676. The van der Waals surface area contributed by atoms with E-state index < -0.39 is 0 Å². The fraction of sp³-hybridized carbons (Fsp3) is 0.286. The molecule has 2 aromatic carbocycles. The molecule has 0 saturated carbocycles. The van der Waals surface area contributed by atoms with Crippen LogP contribution in [-0.4, -0.2) is 23.3 Å². The number of para-hydroxylation sites is 1. The highest BCUT2D eigenvalue weighted by Crippen LogP contribution is 2.30. The van der Waals surface area contributed by atoms with Gasteiger partial charge in [0.15, 0.2) is 0 Å². The summed E-state index contributed by atoms with van der Waals surface area (Å²) < 4.78 is 5.88. The molecule has 0 saturated heterocycles. The van der Waals surface area contributed by atoms with Crippen molar-refractivity contribution in [3.63, 3.8) is 0 Å². The van der Waals surface area contributed by atoms with Gasteiger partial charge in [0, 0.05) is 18.1 Å². The van der Waals surface area contributed by atoms with Crippen molar-refractivity contribution < 1.29 is 9.84 Å². The van der Waals surface area contributed by atoms with Crippen LogP contribution in [0.2, 0.25) is 0 Å². The molecule has 0 radical (unpaired) electrons. The summed E-state index contributed by atoms with van der Waals surface area (Å²) in [5.41, 5.74) is 3.27. The average molecular weight is 321 g/mol. The first-order valence-electron chi connectivity index (χ1n) is 8.57. The SMILES string of the molecule is OCCCCCCOc1cc(-c2ccccc2)c2ccccc2n1. The van der Waals surface area contributed by atoms with Crippen LogP contribution in [0.3, 0.4) is 0 Å². The van der Waals surface area contributed by atoms with Gasteiger partial charge in [0.05, 0.1) is 12.1 Å². The minimum atomic E-state index is 0.271. The molecule has 1 heterocycles. The largest absolute Gasteiger partial charge is 0.478 e. The van der Waals surface area contributed by atoms with Crippen LogP contribution in [0.5, 0.6) is 5.88 Å². The maximum Gasteiger partial charge on any atom is 0.214 e. The van der Waals surface area contributed by atoms with Crippen LogP contribution in [-0.2, 0) is 0 Å². The molecule has 1 aromatic heterocycles. The molecule has 3 nitrogen and oxygen atoms in total. The summed E-state index contributed by atoms with van der Waals surface area (Å²) in [5, 5.41) is 9.94. The zero-order chi connectivity index (χ0) is 16.6. The molecule has 1 N–H and O–H groups in total. The third kappa shape index (κ3) is 4.12. The Labute approximate surface area is 142 Å². The minimum Gasteiger partial charge on any atom is -0.478 e. The van der Waals surface area contributed by atoms with E-state index in [1.54, 1.807) is 0 Å². The summed E-state index contributed by atoms with van der Waals surface area (Å²) in [4.78, 5) is 4.63. The Bertz CT molecular complexity index is 771. The van der Waals surface area contributed by atoms with E-state index in [1.165, 1.54) is 5.56 Å². The molecule has 0 unspecified atom stereocenters. The molecule has 0 aliphatic heterocycles. The van der Waals surface area contributed by atoms with Gasteiger partial charge in [-0.25, -0.2) is 4.98 Å². The highest BCUT2D eigenvalue weighted by atomic mass is 16.5. The summed E-state index contributed by atoms with van der Waals surface area (Å²) in [7, 11) is 0. The lowest BCUT2D eigenvalue weighted by Crippen LogP contribution is -2.00. The van der Waals surface area contributed by atoms with Gasteiger partial charge in [0.2, 0.25) is 5.88 Å². The van der Waals surface area contributed by atoms with Gasteiger partial charge in [-0.1, -0.05) is 55.0 Å². The maximum absolute atomic E-state index is 8.80. The number of pyridine rings is 1. The molecule has 3 heteroatoms. The van der Waals surface area contributed by atoms with Crippen molar-refractivity contribution in [3.05, 3.63) is 60.7 Å². The van der Waals surface area contributed by atoms with Crippen molar-refractivity contribution in [1.82, 2.24) is 4.98 Å². The number of hydrogen-bond donors (Lipinski definition) is 1. The Morgan fingerprint density at radius 1 is 0.833 bits per heavy atom. The van der Waals surface area contributed by atoms with Crippen molar-refractivity contribution in [2.45, 2.75) is 25.7 Å². The number of aliphatic hydroxyl groups excluding tert-OH is 1. The molecule has 0 amide bonds. The van der Waals surface area contributed by atoms with E-state index in [0.29, 0.717) is 12.5 Å². The molecule has 0 aliphatic carbocycles. The fourth-order valence-corrected chi connectivity index (χ4v) is 2.83. The standard InChI is InChI=1S/C21H23NO2/c23-14-8-1-2-9-15-24-21-16-19(17-10-4-3-5-11-17)18-12-6-7-13-20(18)22-21/h3-7,10-13,16,23H,1-2,8-9,14-15H2. The van der Waals surface area contributed by atoms with Crippen LogP contribution in [0.1, 0.15) is 25.7 Å². The third-order valence-corrected chi connectivity index (χ3v) is 4.08. The smallest absolute Gasteiger partial charge is 0.214 e. The van der Waals surface area contributed by atoms with Crippen molar-refractivity contribution in [2.24, 2.45) is 0 Å². The van der Waals surface area contributed by atoms with E-state index in [9.17, 15) is 0 Å². The Balaban J connectivity index is 1.79. The molecule has 0 fully saturated rings.